The molecule has 1 aliphatic heterocycles. The Morgan fingerprint density at radius 2 is 1.52 bits per heavy atom. The molecule has 6 nitrogen and oxygen atoms in total. The molecule has 0 aromatic heterocycles. The molecule has 1 saturated carbocycles. The number of aliphatic imine (C=N–C) groups is 1. The summed E-state index contributed by atoms with van der Waals surface area (Å²) in [7, 11) is 1.65. The molecule has 3 unspecified atom stereocenters. The number of fused-ring (bicyclic) bond motifs is 2. The van der Waals surface area contributed by atoms with Crippen LogP contribution in [0.25, 0.3) is 0 Å². The highest BCUT2D eigenvalue weighted by atomic mass is 16.5. The van der Waals surface area contributed by atoms with E-state index >= 15 is 0 Å². The Morgan fingerprint density at radius 1 is 0.900 bits per heavy atom. The van der Waals surface area contributed by atoms with E-state index in [0.717, 1.165) is 39.7 Å². The molecule has 1 amide bonds. The van der Waals surface area contributed by atoms with Crippen LogP contribution in [-0.2, 0) is 9.59 Å². The number of anilines is 2. The number of Topliss-reactive ketones (excluding diaryl/α,β-unsaturated/α-hetero) is 1. The third-order valence-electron chi connectivity index (χ3n) is 8.18. The van der Waals surface area contributed by atoms with Crippen molar-refractivity contribution in [1.82, 2.24) is 0 Å². The van der Waals surface area contributed by atoms with E-state index in [9.17, 15) is 9.59 Å². The third-order valence-corrected chi connectivity index (χ3v) is 8.18. The van der Waals surface area contributed by atoms with Gasteiger partial charge in [-0.05, 0) is 87.6 Å². The number of carbonyl (C=O) groups excluding carboxylic acids is 2. The van der Waals surface area contributed by atoms with Crippen LogP contribution in [-0.4, -0.2) is 36.6 Å². The normalized spacial score (nSPS) is 20.5. The van der Waals surface area contributed by atoms with Gasteiger partial charge in [-0.15, -0.1) is 0 Å². The number of para-hydroxylation sites is 2. The quantitative estimate of drug-likeness (QED) is 0.332. The maximum absolute atomic E-state index is 14.1. The van der Waals surface area contributed by atoms with Crippen LogP contribution in [0.3, 0.4) is 0 Å². The van der Waals surface area contributed by atoms with E-state index in [2.05, 4.69) is 56.9 Å². The SMILES string of the molecule is COc1ccc(C2CC(=O)C3C(=Nc4ccccc4N(C(C)=O)C3c3ccc(N(C(C)C)C(C)C)cc3)C2)cc1. The number of amides is 1. The summed E-state index contributed by atoms with van der Waals surface area (Å²) in [6.07, 6.45) is 1.06. The van der Waals surface area contributed by atoms with Crippen molar-refractivity contribution in [3.63, 3.8) is 0 Å². The van der Waals surface area contributed by atoms with Gasteiger partial charge < -0.3 is 14.5 Å². The molecule has 0 bridgehead atoms. The molecule has 5 rings (SSSR count). The molecular weight excluding hydrogens is 498 g/mol. The minimum absolute atomic E-state index is 0.0260. The van der Waals surface area contributed by atoms with Crippen molar-refractivity contribution < 1.29 is 14.3 Å². The lowest BCUT2D eigenvalue weighted by Crippen LogP contribution is -2.45. The van der Waals surface area contributed by atoms with Crippen molar-refractivity contribution in [2.45, 2.75) is 71.5 Å². The Kier molecular flexibility index (Phi) is 7.79. The molecule has 3 atom stereocenters. The van der Waals surface area contributed by atoms with Gasteiger partial charge in [-0.25, -0.2) is 0 Å². The Balaban J connectivity index is 1.60. The fourth-order valence-corrected chi connectivity index (χ4v) is 6.55. The Labute approximate surface area is 237 Å². The summed E-state index contributed by atoms with van der Waals surface area (Å²) in [6.45, 7) is 10.3. The first-order valence-corrected chi connectivity index (χ1v) is 14.2. The number of ketones is 1. The van der Waals surface area contributed by atoms with Crippen LogP contribution in [0.2, 0.25) is 0 Å². The minimum Gasteiger partial charge on any atom is -0.497 e. The van der Waals surface area contributed by atoms with Gasteiger partial charge in [0.05, 0.1) is 30.4 Å². The zero-order valence-electron chi connectivity index (χ0n) is 24.3. The predicted octanol–water partition coefficient (Wildman–Crippen LogP) is 7.26. The molecule has 0 spiro atoms. The van der Waals surface area contributed by atoms with Gasteiger partial charge in [-0.2, -0.15) is 0 Å². The molecule has 0 radical (unpaired) electrons. The van der Waals surface area contributed by atoms with E-state index in [-0.39, 0.29) is 17.6 Å². The lowest BCUT2D eigenvalue weighted by Gasteiger charge is -2.39. The number of ether oxygens (including phenoxy) is 1. The highest BCUT2D eigenvalue weighted by Crippen LogP contribution is 2.47. The number of methoxy groups -OCH3 is 1. The molecule has 2 aliphatic rings. The van der Waals surface area contributed by atoms with Crippen molar-refractivity contribution in [2.24, 2.45) is 10.9 Å². The lowest BCUT2D eigenvalue weighted by molar-refractivity contribution is -0.123. The number of carbonyl (C=O) groups is 2. The molecule has 6 heteroatoms. The Morgan fingerprint density at radius 3 is 2.12 bits per heavy atom. The second-order valence-electron chi connectivity index (χ2n) is 11.4. The first kappa shape index (κ1) is 27.6. The largest absolute Gasteiger partial charge is 0.497 e. The summed E-state index contributed by atoms with van der Waals surface area (Å²) in [6, 6.07) is 24.3. The number of nitrogens with zero attached hydrogens (tertiary/aromatic N) is 3. The summed E-state index contributed by atoms with van der Waals surface area (Å²) in [5, 5.41) is 0. The summed E-state index contributed by atoms with van der Waals surface area (Å²) in [5.74, 6) is 0.318. The van der Waals surface area contributed by atoms with Crippen molar-refractivity contribution >= 4 is 34.5 Å². The lowest BCUT2D eigenvalue weighted by atomic mass is 9.72. The van der Waals surface area contributed by atoms with E-state index in [4.69, 9.17) is 9.73 Å². The van der Waals surface area contributed by atoms with Crippen LogP contribution in [0.5, 0.6) is 5.75 Å². The van der Waals surface area contributed by atoms with Crippen LogP contribution in [0.4, 0.5) is 17.1 Å². The van der Waals surface area contributed by atoms with Crippen molar-refractivity contribution in [3.05, 3.63) is 83.9 Å². The standard InChI is InChI=1S/C34H39N3O3/c1-21(2)36(22(3)4)27-15-11-25(12-16-27)34-33-30(35-29-9-7-8-10-31(29)37(34)23(5)38)19-26(20-32(33)39)24-13-17-28(40-6)18-14-24/h7-18,21-22,26,33-34H,19-20H2,1-6H3. The number of benzene rings is 3. The highest BCUT2D eigenvalue weighted by Gasteiger charge is 2.45. The van der Waals surface area contributed by atoms with Crippen LogP contribution in [0.15, 0.2) is 77.8 Å². The molecule has 0 N–H and O–H groups in total. The van der Waals surface area contributed by atoms with Gasteiger partial charge >= 0.3 is 0 Å². The molecule has 1 aliphatic carbocycles. The van der Waals surface area contributed by atoms with Gasteiger partial charge in [0, 0.05) is 36.8 Å². The summed E-state index contributed by atoms with van der Waals surface area (Å²) < 4.78 is 5.33. The van der Waals surface area contributed by atoms with E-state index in [1.54, 1.807) is 18.9 Å². The average molecular weight is 538 g/mol. The van der Waals surface area contributed by atoms with Gasteiger partial charge in [0.15, 0.2) is 0 Å². The van der Waals surface area contributed by atoms with Crippen molar-refractivity contribution in [1.29, 1.82) is 0 Å². The summed E-state index contributed by atoms with van der Waals surface area (Å²) >= 11 is 0. The van der Waals surface area contributed by atoms with Crippen LogP contribution in [0.1, 0.15) is 70.5 Å². The van der Waals surface area contributed by atoms with Gasteiger partial charge in [0.2, 0.25) is 5.91 Å². The van der Waals surface area contributed by atoms with Gasteiger partial charge in [-0.3, -0.25) is 14.6 Å². The first-order valence-electron chi connectivity index (χ1n) is 14.2. The molecule has 40 heavy (non-hydrogen) atoms. The monoisotopic (exact) mass is 537 g/mol. The molecule has 1 fully saturated rings. The van der Waals surface area contributed by atoms with Gasteiger partial charge in [0.25, 0.3) is 0 Å². The molecule has 3 aromatic rings. The Bertz CT molecular complexity index is 1400. The van der Waals surface area contributed by atoms with Crippen molar-refractivity contribution in [2.75, 3.05) is 16.9 Å². The average Bonchev–Trinajstić information content (AvgIpc) is 3.08. The van der Waals surface area contributed by atoms with Crippen molar-refractivity contribution in [3.8, 4) is 5.75 Å². The number of rotatable bonds is 6. The van der Waals surface area contributed by atoms with E-state index in [1.165, 1.54) is 0 Å². The molecule has 208 valence electrons. The van der Waals surface area contributed by atoms with E-state index < -0.39 is 12.0 Å². The number of hydrogen-bond donors (Lipinski definition) is 0. The zero-order valence-corrected chi connectivity index (χ0v) is 24.3. The molecule has 1 heterocycles. The second-order valence-corrected chi connectivity index (χ2v) is 11.4. The topological polar surface area (TPSA) is 62.2 Å². The smallest absolute Gasteiger partial charge is 0.224 e. The van der Waals surface area contributed by atoms with Crippen LogP contribution in [0, 0.1) is 5.92 Å². The maximum Gasteiger partial charge on any atom is 0.224 e. The summed E-state index contributed by atoms with van der Waals surface area (Å²) in [4.78, 5) is 36.7. The molecular formula is C34H39N3O3. The zero-order chi connectivity index (χ0) is 28.6. The third kappa shape index (κ3) is 5.15. The number of hydrogen-bond acceptors (Lipinski definition) is 5. The van der Waals surface area contributed by atoms with Gasteiger partial charge in [0.1, 0.15) is 11.5 Å². The van der Waals surface area contributed by atoms with Crippen LogP contribution >= 0.6 is 0 Å². The predicted molar refractivity (Wildman–Crippen MR) is 162 cm³/mol. The maximum atomic E-state index is 14.1. The van der Waals surface area contributed by atoms with Gasteiger partial charge in [-0.1, -0.05) is 36.4 Å². The molecule has 3 aromatic carbocycles. The van der Waals surface area contributed by atoms with E-state index in [0.29, 0.717) is 24.9 Å². The first-order chi connectivity index (χ1) is 19.2. The van der Waals surface area contributed by atoms with E-state index in [1.807, 2.05) is 48.5 Å². The fraction of sp³-hybridized carbons (Fsp3) is 0.382. The second kappa shape index (κ2) is 11.3. The minimum atomic E-state index is -0.511. The molecule has 0 saturated heterocycles. The summed E-state index contributed by atoms with van der Waals surface area (Å²) in [5.41, 5.74) is 5.47. The highest BCUT2D eigenvalue weighted by molar-refractivity contribution is 6.13. The fourth-order valence-electron chi connectivity index (χ4n) is 6.55. The van der Waals surface area contributed by atoms with Crippen LogP contribution < -0.4 is 14.5 Å². The Hall–Kier alpha value is -3.93.